The first-order valence-electron chi connectivity index (χ1n) is 16.0. The summed E-state index contributed by atoms with van der Waals surface area (Å²) in [5.41, 5.74) is 5.04. The molecule has 6 rings (SSSR count). The van der Waals surface area contributed by atoms with Crippen LogP contribution >= 0.6 is 0 Å². The molecule has 0 radical (unpaired) electrons. The van der Waals surface area contributed by atoms with Gasteiger partial charge < -0.3 is 24.7 Å². The zero-order chi connectivity index (χ0) is 32.3. The van der Waals surface area contributed by atoms with Gasteiger partial charge in [0, 0.05) is 53.1 Å². The van der Waals surface area contributed by atoms with Crippen LogP contribution in [0.15, 0.2) is 66.9 Å². The van der Waals surface area contributed by atoms with Gasteiger partial charge in [0.1, 0.15) is 11.3 Å². The Morgan fingerprint density at radius 2 is 1.85 bits per heavy atom. The van der Waals surface area contributed by atoms with E-state index in [-0.39, 0.29) is 11.8 Å². The minimum absolute atomic E-state index is 0.270. The van der Waals surface area contributed by atoms with Gasteiger partial charge in [-0.05, 0) is 93.0 Å². The summed E-state index contributed by atoms with van der Waals surface area (Å²) in [6, 6.07) is 17.1. The van der Waals surface area contributed by atoms with Crippen LogP contribution in [-0.2, 0) is 21.4 Å². The van der Waals surface area contributed by atoms with Gasteiger partial charge in [-0.1, -0.05) is 25.0 Å². The third kappa shape index (κ3) is 6.01. The molecular formula is C37H40N4O5. The molecule has 0 atom stereocenters. The van der Waals surface area contributed by atoms with E-state index in [0.29, 0.717) is 47.9 Å². The molecule has 0 bridgehead atoms. The molecule has 238 valence electrons. The minimum Gasteiger partial charge on any atom is -0.493 e. The molecule has 2 heterocycles. The molecule has 4 aromatic rings. The first-order chi connectivity index (χ1) is 22.3. The van der Waals surface area contributed by atoms with Crippen LogP contribution in [0.5, 0.6) is 5.75 Å². The highest BCUT2D eigenvalue weighted by molar-refractivity contribution is 6.06. The maximum absolute atomic E-state index is 13.7. The number of ether oxygens (including phenoxy) is 2. The molecule has 2 N–H and O–H groups in total. The Hall–Kier alpha value is -4.92. The number of fused-ring (bicyclic) bond motifs is 1. The van der Waals surface area contributed by atoms with Crippen LogP contribution in [0, 0.1) is 0 Å². The molecule has 0 saturated heterocycles. The van der Waals surface area contributed by atoms with Crippen molar-refractivity contribution in [2.24, 2.45) is 7.05 Å². The van der Waals surface area contributed by atoms with Crippen molar-refractivity contribution in [2.45, 2.75) is 63.3 Å². The van der Waals surface area contributed by atoms with Crippen molar-refractivity contribution in [1.82, 2.24) is 14.9 Å². The van der Waals surface area contributed by atoms with E-state index in [4.69, 9.17) is 4.74 Å². The van der Waals surface area contributed by atoms with Crippen LogP contribution in [0.4, 0.5) is 5.69 Å². The summed E-state index contributed by atoms with van der Waals surface area (Å²) >= 11 is 0. The molecule has 2 fully saturated rings. The van der Waals surface area contributed by atoms with Gasteiger partial charge in [0.25, 0.3) is 5.91 Å². The number of hydrogen-bond acceptors (Lipinski definition) is 6. The summed E-state index contributed by atoms with van der Waals surface area (Å²) in [7, 11) is 3.36. The fourth-order valence-corrected chi connectivity index (χ4v) is 6.78. The Morgan fingerprint density at radius 3 is 2.52 bits per heavy atom. The summed E-state index contributed by atoms with van der Waals surface area (Å²) < 4.78 is 12.6. The topological polar surface area (TPSA) is 112 Å². The lowest BCUT2D eigenvalue weighted by molar-refractivity contribution is -0.134. The second kappa shape index (κ2) is 13.2. The second-order valence-electron chi connectivity index (χ2n) is 12.1. The fourth-order valence-electron chi connectivity index (χ4n) is 6.78. The number of aryl methyl sites for hydroxylation is 1. The van der Waals surface area contributed by atoms with Crippen LogP contribution < -0.4 is 15.4 Å². The third-order valence-corrected chi connectivity index (χ3v) is 9.34. The van der Waals surface area contributed by atoms with E-state index < -0.39 is 11.5 Å². The zero-order valence-electron chi connectivity index (χ0n) is 26.6. The lowest BCUT2D eigenvalue weighted by atomic mass is 9.75. The number of pyridine rings is 1. The highest BCUT2D eigenvalue weighted by atomic mass is 16.5. The van der Waals surface area contributed by atoms with Crippen LogP contribution in [-0.4, -0.2) is 46.6 Å². The first kappa shape index (κ1) is 31.1. The smallest absolute Gasteiger partial charge is 0.330 e. The number of rotatable bonds is 10. The molecular weight excluding hydrogens is 580 g/mol. The summed E-state index contributed by atoms with van der Waals surface area (Å²) in [6.45, 7) is 2.27. The molecule has 2 aliphatic rings. The molecule has 2 aliphatic carbocycles. The molecule has 9 heteroatoms. The van der Waals surface area contributed by atoms with E-state index in [1.165, 1.54) is 31.6 Å². The lowest BCUT2D eigenvalue weighted by Crippen LogP contribution is -2.61. The van der Waals surface area contributed by atoms with Crippen molar-refractivity contribution in [3.05, 3.63) is 83.6 Å². The highest BCUT2D eigenvalue weighted by Crippen LogP contribution is 2.44. The average Bonchev–Trinajstić information content (AvgIpc) is 3.68. The number of hydrogen-bond donors (Lipinski definition) is 2. The van der Waals surface area contributed by atoms with Gasteiger partial charge in [0.2, 0.25) is 5.91 Å². The van der Waals surface area contributed by atoms with Crippen LogP contribution in [0.2, 0.25) is 0 Å². The van der Waals surface area contributed by atoms with Gasteiger partial charge in [0.15, 0.2) is 0 Å². The van der Waals surface area contributed by atoms with Crippen molar-refractivity contribution in [2.75, 3.05) is 19.0 Å². The predicted octanol–water partition coefficient (Wildman–Crippen LogP) is 6.77. The summed E-state index contributed by atoms with van der Waals surface area (Å²) in [4.78, 5) is 43.7. The molecule has 2 saturated carbocycles. The number of carbonyl (C=O) groups is 3. The molecule has 0 aliphatic heterocycles. The van der Waals surface area contributed by atoms with Crippen molar-refractivity contribution < 1.29 is 23.9 Å². The predicted molar refractivity (Wildman–Crippen MR) is 179 cm³/mol. The monoisotopic (exact) mass is 620 g/mol. The van der Waals surface area contributed by atoms with Crippen LogP contribution in [0.25, 0.3) is 28.4 Å². The normalized spacial score (nSPS) is 15.9. The molecule has 0 spiro atoms. The second-order valence-corrected chi connectivity index (χ2v) is 12.1. The molecule has 46 heavy (non-hydrogen) atoms. The SMILES string of the molecule is CCOc1cc(NC(=O)C2(NC(=O)c3ccc4c(C5CCCC5)c(-c5ccccn5)n(C)c4c3)CCC2)ccc1C=CC(=O)OC. The maximum Gasteiger partial charge on any atom is 0.330 e. The Morgan fingerprint density at radius 1 is 1.04 bits per heavy atom. The van der Waals surface area contributed by atoms with E-state index in [0.717, 1.165) is 41.6 Å². The number of anilines is 1. The highest BCUT2D eigenvalue weighted by Gasteiger charge is 2.45. The number of amides is 2. The minimum atomic E-state index is -1.01. The standard InChI is InChI=1S/C37H40N4O5/c1-4-46-31-23-27(16-13-24(31)15-18-32(42)45-3)39-36(44)37(19-9-20-37)40-35(43)26-14-17-28-30(22-26)41(2)34(29-12-7-8-21-38-29)33(28)25-10-5-6-11-25/h7-8,12-18,21-23,25H,4-6,9-11,19-20H2,1-3H3,(H,39,44)(H,40,43). The largest absolute Gasteiger partial charge is 0.493 e. The summed E-state index contributed by atoms with van der Waals surface area (Å²) in [5.74, 6) is -0.0448. The Labute approximate surface area is 269 Å². The number of benzene rings is 2. The van der Waals surface area contributed by atoms with Crippen molar-refractivity contribution in [3.63, 3.8) is 0 Å². The van der Waals surface area contributed by atoms with Gasteiger partial charge in [-0.2, -0.15) is 0 Å². The van der Waals surface area contributed by atoms with Gasteiger partial charge >= 0.3 is 5.97 Å². The van der Waals surface area contributed by atoms with Gasteiger partial charge in [-0.15, -0.1) is 0 Å². The van der Waals surface area contributed by atoms with Crippen molar-refractivity contribution in [1.29, 1.82) is 0 Å². The number of aromatic nitrogens is 2. The number of methoxy groups -OCH3 is 1. The van der Waals surface area contributed by atoms with Crippen molar-refractivity contribution in [3.8, 4) is 17.1 Å². The third-order valence-electron chi connectivity index (χ3n) is 9.34. The van der Waals surface area contributed by atoms with Gasteiger partial charge in [-0.3, -0.25) is 14.6 Å². The zero-order valence-corrected chi connectivity index (χ0v) is 26.6. The number of nitrogens with zero attached hydrogens (tertiary/aromatic N) is 2. The van der Waals surface area contributed by atoms with Crippen molar-refractivity contribution >= 4 is 40.4 Å². The van der Waals surface area contributed by atoms with Crippen LogP contribution in [0.1, 0.15) is 79.3 Å². The Kier molecular flexibility index (Phi) is 8.92. The molecule has 2 aromatic carbocycles. The number of carbonyl (C=O) groups excluding carboxylic acids is 3. The summed E-state index contributed by atoms with van der Waals surface area (Å²) in [5, 5.41) is 7.22. The van der Waals surface area contributed by atoms with E-state index in [1.54, 1.807) is 24.3 Å². The molecule has 0 unspecified atom stereocenters. The number of nitrogens with one attached hydrogen (secondary N) is 2. The lowest BCUT2D eigenvalue weighted by Gasteiger charge is -2.40. The Bertz CT molecular complexity index is 1800. The molecule has 2 aromatic heterocycles. The maximum atomic E-state index is 13.7. The average molecular weight is 621 g/mol. The fraction of sp³-hybridized carbons (Fsp3) is 0.351. The summed E-state index contributed by atoms with van der Waals surface area (Å²) in [6.07, 6.45) is 11.4. The molecule has 9 nitrogen and oxygen atoms in total. The van der Waals surface area contributed by atoms with Crippen LogP contribution in [0.3, 0.4) is 0 Å². The van der Waals surface area contributed by atoms with E-state index in [1.807, 2.05) is 50.5 Å². The first-order valence-corrected chi connectivity index (χ1v) is 16.0. The van der Waals surface area contributed by atoms with Gasteiger partial charge in [0.05, 0.1) is 25.1 Å². The van der Waals surface area contributed by atoms with E-state index >= 15 is 0 Å². The van der Waals surface area contributed by atoms with E-state index in [2.05, 4.69) is 31.0 Å². The van der Waals surface area contributed by atoms with E-state index in [9.17, 15) is 14.4 Å². The molecule has 2 amide bonds. The number of esters is 1. The van der Waals surface area contributed by atoms with Gasteiger partial charge in [-0.25, -0.2) is 4.79 Å². The Balaban J connectivity index is 1.25. The quantitative estimate of drug-likeness (QED) is 0.149.